The molecule has 178 valence electrons. The average Bonchev–Trinajstić information content (AvgIpc) is 2.65. The number of aryl methyl sites for hydroxylation is 2. The van der Waals surface area contributed by atoms with Gasteiger partial charge in [0.25, 0.3) is 0 Å². The van der Waals surface area contributed by atoms with Crippen molar-refractivity contribution in [1.82, 2.24) is 10.6 Å². The summed E-state index contributed by atoms with van der Waals surface area (Å²) in [5.74, 6) is -0.0897. The summed E-state index contributed by atoms with van der Waals surface area (Å²) in [5, 5.41) is 4.94. The Morgan fingerprint density at radius 2 is 1.15 bits per heavy atom. The highest BCUT2D eigenvalue weighted by molar-refractivity contribution is 6.02. The number of carbonyl (C=O) groups is 2. The maximum absolute atomic E-state index is 12.2. The van der Waals surface area contributed by atoms with Crippen LogP contribution in [0.25, 0.3) is 0 Å². The van der Waals surface area contributed by atoms with E-state index in [2.05, 4.69) is 15.6 Å². The minimum Gasteiger partial charge on any atom is -0.444 e. The van der Waals surface area contributed by atoms with Crippen LogP contribution >= 0.6 is 0 Å². The molecule has 0 atom stereocenters. The number of alkyl carbamates (subject to hydrolysis) is 2. The Labute approximate surface area is 195 Å². The molecule has 0 saturated carbocycles. The highest BCUT2D eigenvalue weighted by Gasteiger charge is 2.21. The first-order valence-electron chi connectivity index (χ1n) is 10.8. The van der Waals surface area contributed by atoms with Crippen LogP contribution in [0.3, 0.4) is 0 Å². The number of nitrogens with zero attached hydrogens (tertiary/aromatic N) is 1. The van der Waals surface area contributed by atoms with Crippen LogP contribution in [0, 0.1) is 0 Å². The average molecular weight is 455 g/mol. The number of nitrogens with two attached hydrogens (primary N) is 1. The lowest BCUT2D eigenvalue weighted by molar-refractivity contribution is 0.0545. The molecule has 2 rings (SSSR count). The van der Waals surface area contributed by atoms with Gasteiger partial charge in [0.05, 0.1) is 5.69 Å². The third-order valence-electron chi connectivity index (χ3n) is 4.10. The summed E-state index contributed by atoms with van der Waals surface area (Å²) in [6, 6.07) is 15.4. The molecule has 0 saturated heterocycles. The molecule has 0 spiro atoms. The monoisotopic (exact) mass is 454 g/mol. The molecule has 0 aromatic heterocycles. The third kappa shape index (κ3) is 10.5. The fraction of sp³-hybridized carbons (Fsp3) is 0.400. The van der Waals surface area contributed by atoms with Crippen molar-refractivity contribution in [3.8, 4) is 0 Å². The molecular formula is C25H34N4O4. The number of rotatable bonds is 4. The van der Waals surface area contributed by atoms with Crippen molar-refractivity contribution >= 4 is 29.5 Å². The summed E-state index contributed by atoms with van der Waals surface area (Å²) in [7, 11) is 0. The first-order valence-corrected chi connectivity index (χ1v) is 10.8. The van der Waals surface area contributed by atoms with Crippen LogP contribution in [0.5, 0.6) is 0 Å². The fourth-order valence-corrected chi connectivity index (χ4v) is 2.73. The normalized spacial score (nSPS) is 11.3. The van der Waals surface area contributed by atoms with Crippen molar-refractivity contribution in [2.45, 2.75) is 65.6 Å². The van der Waals surface area contributed by atoms with Gasteiger partial charge in [-0.3, -0.25) is 10.6 Å². The second-order valence-corrected chi connectivity index (χ2v) is 9.62. The zero-order valence-electron chi connectivity index (χ0n) is 20.2. The maximum Gasteiger partial charge on any atom is 0.414 e. The van der Waals surface area contributed by atoms with Crippen LogP contribution in [-0.2, 0) is 22.3 Å². The van der Waals surface area contributed by atoms with E-state index in [1.54, 1.807) is 41.5 Å². The molecule has 8 heteroatoms. The van der Waals surface area contributed by atoms with Gasteiger partial charge in [-0.25, -0.2) is 14.6 Å². The zero-order chi connectivity index (χ0) is 24.6. The highest BCUT2D eigenvalue weighted by atomic mass is 16.6. The standard InChI is InChI=1S/C25H34N4O4/c1-24(2,3)32-22(30)28-21(29-23(31)33-25(4,5)6)27-20-15-11-18(12-16-20)8-7-17-9-13-19(26)14-10-17/h9-16H,7-8,26H2,1-6H3,(H2,27,28,29,30,31). The van der Waals surface area contributed by atoms with Crippen LogP contribution in [0.2, 0.25) is 0 Å². The van der Waals surface area contributed by atoms with Crippen molar-refractivity contribution in [2.75, 3.05) is 5.73 Å². The van der Waals surface area contributed by atoms with Crippen LogP contribution in [0.15, 0.2) is 53.5 Å². The van der Waals surface area contributed by atoms with Crippen molar-refractivity contribution in [3.63, 3.8) is 0 Å². The van der Waals surface area contributed by atoms with Crippen LogP contribution in [0.4, 0.5) is 21.0 Å². The first-order chi connectivity index (χ1) is 15.3. The summed E-state index contributed by atoms with van der Waals surface area (Å²) in [6.07, 6.45) is 0.261. The number of nitrogens with one attached hydrogen (secondary N) is 2. The Hall–Kier alpha value is -3.55. The highest BCUT2D eigenvalue weighted by Crippen LogP contribution is 2.16. The predicted octanol–water partition coefficient (Wildman–Crippen LogP) is 5.09. The Morgan fingerprint density at radius 1 is 0.758 bits per heavy atom. The van der Waals surface area contributed by atoms with E-state index >= 15 is 0 Å². The first kappa shape index (κ1) is 25.7. The smallest absolute Gasteiger partial charge is 0.414 e. The molecule has 0 aliphatic carbocycles. The molecule has 2 aromatic rings. The van der Waals surface area contributed by atoms with E-state index in [-0.39, 0.29) is 5.96 Å². The minimum absolute atomic E-state index is 0.0897. The van der Waals surface area contributed by atoms with Gasteiger partial charge in [0.2, 0.25) is 5.96 Å². The van der Waals surface area contributed by atoms with E-state index in [0.29, 0.717) is 5.69 Å². The van der Waals surface area contributed by atoms with Crippen LogP contribution in [0.1, 0.15) is 52.7 Å². The van der Waals surface area contributed by atoms with Crippen LogP contribution < -0.4 is 16.4 Å². The van der Waals surface area contributed by atoms with Crippen molar-refractivity contribution in [2.24, 2.45) is 4.99 Å². The van der Waals surface area contributed by atoms with Gasteiger partial charge in [-0.15, -0.1) is 0 Å². The molecule has 4 N–H and O–H groups in total. The molecule has 0 aliphatic heterocycles. The lowest BCUT2D eigenvalue weighted by atomic mass is 10.0. The summed E-state index contributed by atoms with van der Waals surface area (Å²) < 4.78 is 10.5. The number of amides is 2. The van der Waals surface area contributed by atoms with E-state index in [1.807, 2.05) is 48.5 Å². The third-order valence-corrected chi connectivity index (χ3v) is 4.10. The SMILES string of the molecule is CC(C)(C)OC(=O)NC(=Nc1ccc(CCc2ccc(N)cc2)cc1)NC(=O)OC(C)(C)C. The zero-order valence-corrected chi connectivity index (χ0v) is 20.2. The van der Waals surface area contributed by atoms with Crippen LogP contribution in [-0.4, -0.2) is 29.3 Å². The van der Waals surface area contributed by atoms with Gasteiger partial charge in [-0.05, 0) is 89.8 Å². The largest absolute Gasteiger partial charge is 0.444 e. The maximum atomic E-state index is 12.2. The Balaban J connectivity index is 2.10. The number of guanidine groups is 1. The molecule has 0 unspecified atom stereocenters. The number of hydrogen-bond acceptors (Lipinski definition) is 6. The molecule has 0 heterocycles. The number of ether oxygens (including phenoxy) is 2. The number of anilines is 1. The lowest BCUT2D eigenvalue weighted by Crippen LogP contribution is -2.47. The molecule has 2 amide bonds. The number of aliphatic imine (C=N–C) groups is 1. The predicted molar refractivity (Wildman–Crippen MR) is 131 cm³/mol. The van der Waals surface area contributed by atoms with Crippen molar-refractivity contribution in [1.29, 1.82) is 0 Å². The molecule has 0 radical (unpaired) electrons. The molecule has 8 nitrogen and oxygen atoms in total. The summed E-state index contributed by atoms with van der Waals surface area (Å²) in [6.45, 7) is 10.5. The summed E-state index contributed by atoms with van der Waals surface area (Å²) in [5.41, 5.74) is 7.96. The number of nitrogen functional groups attached to an aromatic ring is 1. The van der Waals surface area contributed by atoms with E-state index in [1.165, 1.54) is 5.56 Å². The number of benzene rings is 2. The number of hydrogen-bond donors (Lipinski definition) is 3. The van der Waals surface area contributed by atoms with Gasteiger partial charge in [-0.2, -0.15) is 0 Å². The molecule has 0 bridgehead atoms. The van der Waals surface area contributed by atoms with Gasteiger partial charge in [-0.1, -0.05) is 24.3 Å². The van der Waals surface area contributed by atoms with Gasteiger partial charge in [0.1, 0.15) is 11.2 Å². The molecule has 0 fully saturated rings. The summed E-state index contributed by atoms with van der Waals surface area (Å²) in [4.78, 5) is 28.8. The van der Waals surface area contributed by atoms with Gasteiger partial charge < -0.3 is 15.2 Å². The second kappa shape index (κ2) is 10.8. The Morgan fingerprint density at radius 3 is 1.55 bits per heavy atom. The molecule has 33 heavy (non-hydrogen) atoms. The van der Waals surface area contributed by atoms with E-state index in [4.69, 9.17) is 15.2 Å². The molecule has 0 aliphatic rings. The van der Waals surface area contributed by atoms with E-state index in [0.717, 1.165) is 24.1 Å². The van der Waals surface area contributed by atoms with E-state index in [9.17, 15) is 9.59 Å². The second-order valence-electron chi connectivity index (χ2n) is 9.62. The van der Waals surface area contributed by atoms with Crippen molar-refractivity contribution in [3.05, 3.63) is 59.7 Å². The number of carbonyl (C=O) groups excluding carboxylic acids is 2. The Kier molecular flexibility index (Phi) is 8.45. The van der Waals surface area contributed by atoms with E-state index < -0.39 is 23.4 Å². The van der Waals surface area contributed by atoms with Gasteiger partial charge in [0, 0.05) is 5.69 Å². The molecular weight excluding hydrogens is 420 g/mol. The molecule has 2 aromatic carbocycles. The minimum atomic E-state index is -0.738. The van der Waals surface area contributed by atoms with Gasteiger partial charge >= 0.3 is 12.2 Å². The van der Waals surface area contributed by atoms with Crippen molar-refractivity contribution < 1.29 is 19.1 Å². The fourth-order valence-electron chi connectivity index (χ4n) is 2.73. The Bertz CT molecular complexity index is 937. The lowest BCUT2D eigenvalue weighted by Gasteiger charge is -2.22. The van der Waals surface area contributed by atoms with Gasteiger partial charge in [0.15, 0.2) is 0 Å². The quantitative estimate of drug-likeness (QED) is 0.338. The topological polar surface area (TPSA) is 115 Å². The summed E-state index contributed by atoms with van der Waals surface area (Å²) >= 11 is 0.